The number of carbonyl (C=O) groups is 1. The van der Waals surface area contributed by atoms with Crippen LogP contribution in [0.5, 0.6) is 5.75 Å². The van der Waals surface area contributed by atoms with Gasteiger partial charge in [0, 0.05) is 18.3 Å². The van der Waals surface area contributed by atoms with Crippen LogP contribution in [0.4, 0.5) is 16.2 Å². The maximum atomic E-state index is 12.4. The zero-order valence-corrected chi connectivity index (χ0v) is 16.1. The molecule has 2 aromatic rings. The van der Waals surface area contributed by atoms with E-state index in [0.717, 1.165) is 24.2 Å². The number of hydrogen-bond acceptors (Lipinski definition) is 5. The summed E-state index contributed by atoms with van der Waals surface area (Å²) in [4.78, 5) is 18.4. The van der Waals surface area contributed by atoms with Gasteiger partial charge < -0.3 is 19.7 Å². The van der Waals surface area contributed by atoms with E-state index in [1.54, 1.807) is 17.3 Å². The molecule has 1 aliphatic heterocycles. The largest absolute Gasteiger partial charge is 0.490 e. The first kappa shape index (κ1) is 19.0. The van der Waals surface area contributed by atoms with Crippen LogP contribution in [-0.2, 0) is 4.74 Å². The lowest BCUT2D eigenvalue weighted by Crippen LogP contribution is -2.42. The topological polar surface area (TPSA) is 63.7 Å². The van der Waals surface area contributed by atoms with E-state index in [-0.39, 0.29) is 12.1 Å². The minimum absolute atomic E-state index is 0.0191. The van der Waals surface area contributed by atoms with E-state index in [0.29, 0.717) is 18.9 Å². The molecule has 3 rings (SSSR count). The van der Waals surface area contributed by atoms with Crippen molar-refractivity contribution in [2.45, 2.75) is 45.3 Å². The molecule has 6 nitrogen and oxygen atoms in total. The molecule has 27 heavy (non-hydrogen) atoms. The third-order valence-electron chi connectivity index (χ3n) is 4.22. The summed E-state index contributed by atoms with van der Waals surface area (Å²) < 4.78 is 11.4. The summed E-state index contributed by atoms with van der Waals surface area (Å²) in [6.45, 7) is 6.77. The maximum Gasteiger partial charge on any atom is 0.410 e. The number of aromatic nitrogens is 1. The zero-order chi connectivity index (χ0) is 19.3. The fourth-order valence-electron chi connectivity index (χ4n) is 3.02. The molecule has 1 N–H and O–H groups in total. The van der Waals surface area contributed by atoms with Crippen molar-refractivity contribution < 1.29 is 14.3 Å². The number of ether oxygens (including phenoxy) is 2. The summed E-state index contributed by atoms with van der Waals surface area (Å²) >= 11 is 0. The molecule has 144 valence electrons. The highest BCUT2D eigenvalue weighted by atomic mass is 16.6. The average molecular weight is 369 g/mol. The lowest BCUT2D eigenvalue weighted by Gasteiger charge is -2.28. The second-order valence-corrected chi connectivity index (χ2v) is 7.68. The van der Waals surface area contributed by atoms with Crippen LogP contribution >= 0.6 is 0 Å². The van der Waals surface area contributed by atoms with Crippen molar-refractivity contribution in [1.82, 2.24) is 9.88 Å². The second-order valence-electron chi connectivity index (χ2n) is 7.68. The first-order chi connectivity index (χ1) is 12.9. The van der Waals surface area contributed by atoms with Gasteiger partial charge in [0.2, 0.25) is 0 Å². The predicted octanol–water partition coefficient (Wildman–Crippen LogP) is 4.60. The average Bonchev–Trinajstić information content (AvgIpc) is 3.09. The first-order valence-corrected chi connectivity index (χ1v) is 9.30. The van der Waals surface area contributed by atoms with Crippen molar-refractivity contribution in [2.24, 2.45) is 0 Å². The maximum absolute atomic E-state index is 12.4. The number of nitrogens with zero attached hydrogens (tertiary/aromatic N) is 2. The van der Waals surface area contributed by atoms with Gasteiger partial charge in [-0.3, -0.25) is 4.98 Å². The van der Waals surface area contributed by atoms with Crippen LogP contribution in [-0.4, -0.2) is 40.8 Å². The van der Waals surface area contributed by atoms with Gasteiger partial charge in [-0.25, -0.2) is 4.79 Å². The summed E-state index contributed by atoms with van der Waals surface area (Å²) in [5.74, 6) is 0.673. The molecule has 1 fully saturated rings. The molecule has 0 aliphatic carbocycles. The SMILES string of the molecule is CC(C)(C)OC(=O)N1CCC[C@H]1COc1cncc(Nc2ccccc2)c1. The number of nitrogens with one attached hydrogen (secondary N) is 1. The molecule has 0 spiro atoms. The Kier molecular flexibility index (Phi) is 5.84. The smallest absolute Gasteiger partial charge is 0.410 e. The van der Waals surface area contributed by atoms with Gasteiger partial charge in [-0.1, -0.05) is 18.2 Å². The summed E-state index contributed by atoms with van der Waals surface area (Å²) in [7, 11) is 0. The van der Waals surface area contributed by atoms with Gasteiger partial charge in [0.05, 0.1) is 24.1 Å². The highest BCUT2D eigenvalue weighted by molar-refractivity contribution is 5.69. The zero-order valence-electron chi connectivity index (χ0n) is 16.1. The van der Waals surface area contributed by atoms with Gasteiger partial charge in [-0.05, 0) is 45.7 Å². The summed E-state index contributed by atoms with van der Waals surface area (Å²) in [6, 6.07) is 11.8. The highest BCUT2D eigenvalue weighted by Gasteiger charge is 2.32. The normalized spacial score (nSPS) is 16.9. The molecule has 0 radical (unpaired) electrons. The monoisotopic (exact) mass is 369 g/mol. The van der Waals surface area contributed by atoms with E-state index >= 15 is 0 Å². The van der Waals surface area contributed by atoms with Crippen LogP contribution in [0.1, 0.15) is 33.6 Å². The van der Waals surface area contributed by atoms with E-state index in [9.17, 15) is 4.79 Å². The van der Waals surface area contributed by atoms with Crippen molar-refractivity contribution in [2.75, 3.05) is 18.5 Å². The van der Waals surface area contributed by atoms with Crippen LogP contribution in [0.3, 0.4) is 0 Å². The number of amides is 1. The van der Waals surface area contributed by atoms with Crippen LogP contribution in [0.25, 0.3) is 0 Å². The standard InChI is InChI=1S/C21H27N3O3/c1-21(2,3)27-20(25)24-11-7-10-18(24)15-26-19-12-17(13-22-14-19)23-16-8-5-4-6-9-16/h4-6,8-9,12-14,18,23H,7,10-11,15H2,1-3H3/t18-/m0/s1. The Morgan fingerprint density at radius 1 is 1.22 bits per heavy atom. The molecular formula is C21H27N3O3. The van der Waals surface area contributed by atoms with E-state index in [2.05, 4.69) is 10.3 Å². The van der Waals surface area contributed by atoms with Gasteiger partial charge in [-0.2, -0.15) is 0 Å². The summed E-state index contributed by atoms with van der Waals surface area (Å²) in [6.07, 6.45) is 5.03. The third kappa shape index (κ3) is 5.61. The molecular weight excluding hydrogens is 342 g/mol. The second kappa shape index (κ2) is 8.29. The molecule has 0 unspecified atom stereocenters. The predicted molar refractivity (Wildman–Crippen MR) is 105 cm³/mol. The Hall–Kier alpha value is -2.76. The number of hydrogen-bond donors (Lipinski definition) is 1. The molecule has 0 bridgehead atoms. The molecule has 6 heteroatoms. The molecule has 1 aromatic heterocycles. The molecule has 1 aromatic carbocycles. The number of likely N-dealkylation sites (tertiary alicyclic amines) is 1. The van der Waals surface area contributed by atoms with Gasteiger partial charge in [0.15, 0.2) is 0 Å². The Bertz CT molecular complexity index is 759. The number of rotatable bonds is 5. The Morgan fingerprint density at radius 3 is 2.74 bits per heavy atom. The van der Waals surface area contributed by atoms with E-state index < -0.39 is 5.60 Å². The number of anilines is 2. The van der Waals surface area contributed by atoms with Crippen LogP contribution in [0, 0.1) is 0 Å². The highest BCUT2D eigenvalue weighted by Crippen LogP contribution is 2.24. The fraction of sp³-hybridized carbons (Fsp3) is 0.429. The van der Waals surface area contributed by atoms with E-state index in [1.807, 2.05) is 57.2 Å². The van der Waals surface area contributed by atoms with Gasteiger partial charge in [0.25, 0.3) is 0 Å². The fourth-order valence-corrected chi connectivity index (χ4v) is 3.02. The lowest BCUT2D eigenvalue weighted by molar-refractivity contribution is 0.0187. The molecule has 0 saturated carbocycles. The molecule has 1 atom stereocenters. The molecule has 1 saturated heterocycles. The molecule has 2 heterocycles. The Balaban J connectivity index is 1.58. The lowest BCUT2D eigenvalue weighted by atomic mass is 10.2. The molecule has 1 amide bonds. The van der Waals surface area contributed by atoms with Crippen molar-refractivity contribution >= 4 is 17.5 Å². The van der Waals surface area contributed by atoms with E-state index in [4.69, 9.17) is 9.47 Å². The van der Waals surface area contributed by atoms with Crippen molar-refractivity contribution in [3.05, 3.63) is 48.8 Å². The number of pyridine rings is 1. The Labute approximate surface area is 160 Å². The van der Waals surface area contributed by atoms with Crippen molar-refractivity contribution in [1.29, 1.82) is 0 Å². The summed E-state index contributed by atoms with van der Waals surface area (Å²) in [5.41, 5.74) is 1.35. The van der Waals surface area contributed by atoms with Crippen LogP contribution in [0.15, 0.2) is 48.8 Å². The molecule has 1 aliphatic rings. The van der Waals surface area contributed by atoms with E-state index in [1.165, 1.54) is 0 Å². The van der Waals surface area contributed by atoms with Crippen molar-refractivity contribution in [3.8, 4) is 5.75 Å². The number of carbonyl (C=O) groups excluding carboxylic acids is 1. The number of para-hydroxylation sites is 1. The number of benzene rings is 1. The van der Waals surface area contributed by atoms with Gasteiger partial charge in [-0.15, -0.1) is 0 Å². The third-order valence-corrected chi connectivity index (χ3v) is 4.22. The summed E-state index contributed by atoms with van der Waals surface area (Å²) in [5, 5.41) is 3.30. The minimum atomic E-state index is -0.494. The first-order valence-electron chi connectivity index (χ1n) is 9.30. The minimum Gasteiger partial charge on any atom is -0.490 e. The van der Waals surface area contributed by atoms with Crippen LogP contribution < -0.4 is 10.1 Å². The van der Waals surface area contributed by atoms with Gasteiger partial charge in [0.1, 0.15) is 18.0 Å². The Morgan fingerprint density at radius 2 is 2.00 bits per heavy atom. The van der Waals surface area contributed by atoms with Crippen molar-refractivity contribution in [3.63, 3.8) is 0 Å². The quantitative estimate of drug-likeness (QED) is 0.834. The van der Waals surface area contributed by atoms with Crippen LogP contribution in [0.2, 0.25) is 0 Å². The van der Waals surface area contributed by atoms with Gasteiger partial charge >= 0.3 is 6.09 Å².